The van der Waals surface area contributed by atoms with E-state index in [-0.39, 0.29) is 12.3 Å². The second kappa shape index (κ2) is 10.5. The zero-order chi connectivity index (χ0) is 23.8. The lowest BCUT2D eigenvalue weighted by atomic mass is 10.2. The Kier molecular flexibility index (Phi) is 7.54. The zero-order valence-electron chi connectivity index (χ0n) is 18.0. The van der Waals surface area contributed by atoms with Crippen LogP contribution in [-0.4, -0.2) is 35.5 Å². The van der Waals surface area contributed by atoms with Crippen LogP contribution < -0.4 is 26.0 Å². The van der Waals surface area contributed by atoms with Gasteiger partial charge in [-0.3, -0.25) is 0 Å². The summed E-state index contributed by atoms with van der Waals surface area (Å²) in [5.41, 5.74) is 3.15. The van der Waals surface area contributed by atoms with Gasteiger partial charge in [-0.1, -0.05) is 17.7 Å². The van der Waals surface area contributed by atoms with Gasteiger partial charge >= 0.3 is 12.4 Å². The van der Waals surface area contributed by atoms with Crippen LogP contribution in [0.5, 0.6) is 5.75 Å². The lowest BCUT2D eigenvalue weighted by Crippen LogP contribution is -2.32. The van der Waals surface area contributed by atoms with E-state index in [9.17, 15) is 18.0 Å². The van der Waals surface area contributed by atoms with E-state index < -0.39 is 12.4 Å². The van der Waals surface area contributed by atoms with Crippen LogP contribution in [0.3, 0.4) is 0 Å². The van der Waals surface area contributed by atoms with E-state index in [1.807, 2.05) is 44.2 Å². The van der Waals surface area contributed by atoms with Crippen LogP contribution in [0.25, 0.3) is 0 Å². The van der Waals surface area contributed by atoms with Crippen LogP contribution in [0.4, 0.5) is 41.1 Å². The Balaban J connectivity index is 1.44. The summed E-state index contributed by atoms with van der Waals surface area (Å²) in [7, 11) is 0. The standard InChI is InChI=1S/C22H23F3N6O2/c1-14-3-5-16(6-4-14)29-19-13-15(2)28-20(31-19)26-11-12-27-21(32)30-17-7-9-18(10-8-17)33-22(23,24)25/h3-10,13H,11-12H2,1-2H3,(H2,27,30,32)(H2,26,28,29,31). The van der Waals surface area contributed by atoms with Crippen molar-refractivity contribution < 1.29 is 22.7 Å². The van der Waals surface area contributed by atoms with Crippen LogP contribution in [0.1, 0.15) is 11.3 Å². The van der Waals surface area contributed by atoms with Crippen molar-refractivity contribution in [2.45, 2.75) is 20.2 Å². The first-order chi connectivity index (χ1) is 15.7. The van der Waals surface area contributed by atoms with Gasteiger partial charge in [0.15, 0.2) is 0 Å². The van der Waals surface area contributed by atoms with Crippen molar-refractivity contribution in [3.63, 3.8) is 0 Å². The van der Waals surface area contributed by atoms with E-state index in [2.05, 4.69) is 36.0 Å². The summed E-state index contributed by atoms with van der Waals surface area (Å²) in [5, 5.41) is 11.4. The molecule has 0 radical (unpaired) electrons. The predicted octanol–water partition coefficient (Wildman–Crippen LogP) is 4.97. The van der Waals surface area contributed by atoms with Gasteiger partial charge in [0.25, 0.3) is 0 Å². The SMILES string of the molecule is Cc1ccc(Nc2cc(C)nc(NCCNC(=O)Nc3ccc(OC(F)(F)F)cc3)n2)cc1. The van der Waals surface area contributed by atoms with Gasteiger partial charge in [0.2, 0.25) is 5.95 Å². The van der Waals surface area contributed by atoms with Crippen LogP contribution in [0.15, 0.2) is 54.6 Å². The highest BCUT2D eigenvalue weighted by Crippen LogP contribution is 2.24. The summed E-state index contributed by atoms with van der Waals surface area (Å²) in [6.45, 7) is 4.49. The molecule has 0 atom stereocenters. The summed E-state index contributed by atoms with van der Waals surface area (Å²) in [6.07, 6.45) is -4.77. The van der Waals surface area contributed by atoms with Gasteiger partial charge in [0, 0.05) is 36.2 Å². The molecule has 8 nitrogen and oxygen atoms in total. The second-order valence-corrected chi connectivity index (χ2v) is 7.09. The molecule has 0 aliphatic heterocycles. The number of nitrogens with zero attached hydrogens (tertiary/aromatic N) is 2. The number of halogens is 3. The maximum absolute atomic E-state index is 12.2. The maximum atomic E-state index is 12.2. The number of carbonyl (C=O) groups is 1. The van der Waals surface area contributed by atoms with Crippen molar-refractivity contribution in [1.82, 2.24) is 15.3 Å². The van der Waals surface area contributed by atoms with E-state index >= 15 is 0 Å². The molecule has 4 N–H and O–H groups in total. The Morgan fingerprint density at radius 1 is 0.939 bits per heavy atom. The minimum absolute atomic E-state index is 0.263. The van der Waals surface area contributed by atoms with E-state index in [0.717, 1.165) is 29.1 Å². The molecule has 0 aliphatic carbocycles. The smallest absolute Gasteiger partial charge is 0.406 e. The number of hydrogen-bond acceptors (Lipinski definition) is 6. The molecule has 2 amide bonds. The van der Waals surface area contributed by atoms with Crippen molar-refractivity contribution >= 4 is 29.2 Å². The zero-order valence-corrected chi connectivity index (χ0v) is 18.0. The number of ether oxygens (including phenoxy) is 1. The van der Waals surface area contributed by atoms with Crippen molar-refractivity contribution in [3.8, 4) is 5.75 Å². The normalized spacial score (nSPS) is 10.9. The molecule has 0 saturated heterocycles. The van der Waals surface area contributed by atoms with Gasteiger partial charge in [-0.25, -0.2) is 9.78 Å². The monoisotopic (exact) mass is 460 g/mol. The van der Waals surface area contributed by atoms with Crippen LogP contribution in [-0.2, 0) is 0 Å². The fourth-order valence-electron chi connectivity index (χ4n) is 2.76. The summed E-state index contributed by atoms with van der Waals surface area (Å²) >= 11 is 0. The lowest BCUT2D eigenvalue weighted by Gasteiger charge is -2.12. The number of hydrogen-bond donors (Lipinski definition) is 4. The number of aromatic nitrogens is 2. The third kappa shape index (κ3) is 8.20. The van der Waals surface area contributed by atoms with Gasteiger partial charge in [0.05, 0.1) is 0 Å². The second-order valence-electron chi connectivity index (χ2n) is 7.09. The number of carbonyl (C=O) groups excluding carboxylic acids is 1. The van der Waals surface area contributed by atoms with E-state index in [0.29, 0.717) is 24.0 Å². The first-order valence-electron chi connectivity index (χ1n) is 10.0. The fourth-order valence-corrected chi connectivity index (χ4v) is 2.76. The molecular formula is C22H23F3N6O2. The maximum Gasteiger partial charge on any atom is 0.573 e. The molecule has 0 fully saturated rings. The molecule has 0 bridgehead atoms. The molecule has 11 heteroatoms. The summed E-state index contributed by atoms with van der Waals surface area (Å²) in [6, 6.07) is 14.1. The Morgan fingerprint density at radius 2 is 1.61 bits per heavy atom. The van der Waals surface area contributed by atoms with Crippen LogP contribution in [0, 0.1) is 13.8 Å². The molecule has 2 aromatic carbocycles. The number of alkyl halides is 3. The Hall–Kier alpha value is -4.02. The molecule has 1 heterocycles. The van der Waals surface area contributed by atoms with Gasteiger partial charge in [-0.15, -0.1) is 13.2 Å². The molecule has 0 unspecified atom stereocenters. The fraction of sp³-hybridized carbons (Fsp3) is 0.227. The Labute approximate surface area is 188 Å². The van der Waals surface area contributed by atoms with Crippen molar-refractivity contribution in [3.05, 3.63) is 65.9 Å². The molecule has 0 saturated carbocycles. The average molecular weight is 460 g/mol. The third-order valence-electron chi connectivity index (χ3n) is 4.22. The van der Waals surface area contributed by atoms with Gasteiger partial charge in [0.1, 0.15) is 11.6 Å². The summed E-state index contributed by atoms with van der Waals surface area (Å²) in [4.78, 5) is 20.7. The van der Waals surface area contributed by atoms with Crippen molar-refractivity contribution in [2.75, 3.05) is 29.0 Å². The van der Waals surface area contributed by atoms with Crippen molar-refractivity contribution in [1.29, 1.82) is 0 Å². The number of nitrogens with one attached hydrogen (secondary N) is 4. The number of benzene rings is 2. The number of urea groups is 1. The van der Waals surface area contributed by atoms with Gasteiger partial charge < -0.3 is 26.0 Å². The molecule has 0 aliphatic rings. The molecule has 1 aromatic heterocycles. The average Bonchev–Trinajstić information content (AvgIpc) is 2.73. The molecule has 3 rings (SSSR count). The highest BCUT2D eigenvalue weighted by Gasteiger charge is 2.30. The Bertz CT molecular complexity index is 1070. The van der Waals surface area contributed by atoms with Gasteiger partial charge in [-0.2, -0.15) is 4.98 Å². The lowest BCUT2D eigenvalue weighted by molar-refractivity contribution is -0.274. The van der Waals surface area contributed by atoms with Gasteiger partial charge in [-0.05, 0) is 50.2 Å². The molecule has 33 heavy (non-hydrogen) atoms. The van der Waals surface area contributed by atoms with E-state index in [1.165, 1.54) is 12.1 Å². The number of aryl methyl sites for hydroxylation is 2. The highest BCUT2D eigenvalue weighted by molar-refractivity contribution is 5.89. The van der Waals surface area contributed by atoms with Crippen LogP contribution >= 0.6 is 0 Å². The summed E-state index contributed by atoms with van der Waals surface area (Å²) < 4.78 is 40.3. The Morgan fingerprint density at radius 3 is 2.27 bits per heavy atom. The predicted molar refractivity (Wildman–Crippen MR) is 120 cm³/mol. The first kappa shape index (κ1) is 23.6. The largest absolute Gasteiger partial charge is 0.573 e. The minimum atomic E-state index is -4.77. The third-order valence-corrected chi connectivity index (χ3v) is 4.22. The minimum Gasteiger partial charge on any atom is -0.406 e. The number of anilines is 4. The molecular weight excluding hydrogens is 437 g/mol. The number of rotatable bonds is 8. The molecule has 0 spiro atoms. The molecule has 174 valence electrons. The first-order valence-corrected chi connectivity index (χ1v) is 10.0. The summed E-state index contributed by atoms with van der Waals surface area (Å²) in [5.74, 6) is 0.677. The van der Waals surface area contributed by atoms with E-state index in [4.69, 9.17) is 0 Å². The topological polar surface area (TPSA) is 100 Å². The number of amides is 2. The quantitative estimate of drug-likeness (QED) is 0.354. The van der Waals surface area contributed by atoms with E-state index in [1.54, 1.807) is 0 Å². The highest BCUT2D eigenvalue weighted by atomic mass is 19.4. The van der Waals surface area contributed by atoms with Crippen molar-refractivity contribution in [2.24, 2.45) is 0 Å². The van der Waals surface area contributed by atoms with Crippen LogP contribution in [0.2, 0.25) is 0 Å². The molecule has 3 aromatic rings.